The molecule has 0 radical (unpaired) electrons. The predicted molar refractivity (Wildman–Crippen MR) is 119 cm³/mol. The van der Waals surface area contributed by atoms with Crippen LogP contribution >= 0.6 is 11.3 Å². The molecule has 188 valence electrons. The van der Waals surface area contributed by atoms with E-state index in [0.29, 0.717) is 17.7 Å². The molecule has 0 bridgehead atoms. The Morgan fingerprint density at radius 1 is 1.20 bits per heavy atom. The molecule has 2 aromatic heterocycles. The second kappa shape index (κ2) is 9.06. The number of H-pyrrole nitrogens is 1. The Balaban J connectivity index is 1.48. The van der Waals surface area contributed by atoms with Crippen LogP contribution in [0.15, 0.2) is 40.9 Å². The summed E-state index contributed by atoms with van der Waals surface area (Å²) in [5, 5.41) is 8.34. The summed E-state index contributed by atoms with van der Waals surface area (Å²) in [5.74, 6) is -2.26. The van der Waals surface area contributed by atoms with Crippen LogP contribution in [0.3, 0.4) is 0 Å². The topological polar surface area (TPSA) is 100 Å². The zero-order valence-corrected chi connectivity index (χ0v) is 19.8. The van der Waals surface area contributed by atoms with Crippen molar-refractivity contribution in [1.82, 2.24) is 20.1 Å². The number of anilines is 1. The summed E-state index contributed by atoms with van der Waals surface area (Å²) < 4.78 is 89.2. The van der Waals surface area contributed by atoms with Crippen LogP contribution < -0.4 is 9.46 Å². The maximum atomic E-state index is 15.2. The van der Waals surface area contributed by atoms with Crippen LogP contribution in [-0.2, 0) is 10.0 Å². The lowest BCUT2D eigenvalue weighted by Gasteiger charge is -2.45. The van der Waals surface area contributed by atoms with Crippen LogP contribution in [0, 0.1) is 11.7 Å². The number of rotatable bonds is 5. The van der Waals surface area contributed by atoms with Gasteiger partial charge in [-0.1, -0.05) is 0 Å². The Hall–Kier alpha value is -2.71. The van der Waals surface area contributed by atoms with Crippen LogP contribution in [0.1, 0.15) is 42.6 Å². The molecule has 3 atom stereocenters. The summed E-state index contributed by atoms with van der Waals surface area (Å²) in [7, 11) is -4.27. The molecule has 2 aliphatic heterocycles. The third-order valence-electron chi connectivity index (χ3n) is 6.40. The Morgan fingerprint density at radius 3 is 2.71 bits per heavy atom. The van der Waals surface area contributed by atoms with Gasteiger partial charge in [0.05, 0.1) is 24.3 Å². The van der Waals surface area contributed by atoms with Crippen molar-refractivity contribution in [2.45, 2.75) is 42.4 Å². The van der Waals surface area contributed by atoms with Crippen molar-refractivity contribution in [2.75, 3.05) is 17.9 Å². The number of fused-ring (bicyclic) bond motifs is 1. The molecule has 1 aromatic carbocycles. The van der Waals surface area contributed by atoms with Crippen molar-refractivity contribution < 1.29 is 30.7 Å². The van der Waals surface area contributed by atoms with Gasteiger partial charge in [0.2, 0.25) is 0 Å². The highest BCUT2D eigenvalue weighted by atomic mass is 32.2. The first kappa shape index (κ1) is 24.0. The SMILES string of the molecule is O=S(=O)(Nc1nccs1)c1cc2c(cc1F)[C@@H](N1CC[C@@H](C(F)(F)F)C[C@H]1c1ccn[nH]1)CCO2. The van der Waals surface area contributed by atoms with Crippen LogP contribution in [0.25, 0.3) is 0 Å². The van der Waals surface area contributed by atoms with Gasteiger partial charge in [-0.2, -0.15) is 18.3 Å². The lowest BCUT2D eigenvalue weighted by Crippen LogP contribution is -2.44. The third kappa shape index (κ3) is 4.74. The molecule has 0 spiro atoms. The highest BCUT2D eigenvalue weighted by Gasteiger charge is 2.47. The summed E-state index contributed by atoms with van der Waals surface area (Å²) in [4.78, 5) is 5.16. The molecule has 2 N–H and O–H groups in total. The summed E-state index contributed by atoms with van der Waals surface area (Å²) in [6.45, 7) is 0.336. The summed E-state index contributed by atoms with van der Waals surface area (Å²) >= 11 is 1.05. The number of benzene rings is 1. The van der Waals surface area contributed by atoms with Crippen LogP contribution in [-0.4, -0.2) is 47.8 Å². The van der Waals surface area contributed by atoms with Crippen molar-refractivity contribution in [2.24, 2.45) is 5.92 Å². The first-order chi connectivity index (χ1) is 16.6. The number of piperidine rings is 1. The number of thiazole rings is 1. The number of aromatic amines is 1. The van der Waals surface area contributed by atoms with E-state index in [1.54, 1.807) is 11.4 Å². The maximum Gasteiger partial charge on any atom is 0.391 e. The van der Waals surface area contributed by atoms with Gasteiger partial charge in [-0.3, -0.25) is 14.7 Å². The normalized spacial score (nSPS) is 23.5. The number of hydrogen-bond donors (Lipinski definition) is 2. The van der Waals surface area contributed by atoms with E-state index in [0.717, 1.165) is 23.5 Å². The fraction of sp³-hybridized carbons (Fsp3) is 0.429. The van der Waals surface area contributed by atoms with Gasteiger partial charge in [0, 0.05) is 48.4 Å². The van der Waals surface area contributed by atoms with Gasteiger partial charge in [0.15, 0.2) is 5.13 Å². The van der Waals surface area contributed by atoms with Crippen molar-refractivity contribution >= 4 is 26.5 Å². The Kier molecular flexibility index (Phi) is 6.21. The number of ether oxygens (including phenoxy) is 1. The summed E-state index contributed by atoms with van der Waals surface area (Å²) in [6, 6.07) is 2.79. The van der Waals surface area contributed by atoms with E-state index in [2.05, 4.69) is 19.9 Å². The van der Waals surface area contributed by atoms with E-state index in [-0.39, 0.29) is 36.9 Å². The number of likely N-dealkylation sites (tertiary alicyclic amines) is 1. The number of halogens is 4. The molecule has 14 heteroatoms. The molecule has 35 heavy (non-hydrogen) atoms. The van der Waals surface area contributed by atoms with Crippen molar-refractivity contribution in [3.05, 3.63) is 53.0 Å². The second-order valence-corrected chi connectivity index (χ2v) is 11.0. The number of nitrogens with zero attached hydrogens (tertiary/aromatic N) is 3. The first-order valence-corrected chi connectivity index (χ1v) is 13.2. The molecule has 0 aliphatic carbocycles. The minimum Gasteiger partial charge on any atom is -0.493 e. The number of sulfonamides is 1. The Morgan fingerprint density at radius 2 is 2.03 bits per heavy atom. The minimum absolute atomic E-state index is 0.0898. The fourth-order valence-electron chi connectivity index (χ4n) is 4.78. The van der Waals surface area contributed by atoms with Gasteiger partial charge >= 0.3 is 6.18 Å². The molecular formula is C21H21F4N5O3S2. The average molecular weight is 532 g/mol. The van der Waals surface area contributed by atoms with Crippen molar-refractivity contribution in [3.8, 4) is 5.75 Å². The average Bonchev–Trinajstić information content (AvgIpc) is 3.51. The minimum atomic E-state index is -4.32. The smallest absolute Gasteiger partial charge is 0.391 e. The Bertz CT molecular complexity index is 1280. The molecule has 1 fully saturated rings. The van der Waals surface area contributed by atoms with Crippen LogP contribution in [0.4, 0.5) is 22.7 Å². The van der Waals surface area contributed by atoms with E-state index >= 15 is 4.39 Å². The Labute approximate surface area is 202 Å². The van der Waals surface area contributed by atoms with Gasteiger partial charge in [-0.15, -0.1) is 11.3 Å². The van der Waals surface area contributed by atoms with Crippen LogP contribution in [0.5, 0.6) is 5.75 Å². The van der Waals surface area contributed by atoms with E-state index in [1.165, 1.54) is 12.4 Å². The monoisotopic (exact) mass is 531 g/mol. The molecule has 0 unspecified atom stereocenters. The van der Waals surface area contributed by atoms with Crippen LogP contribution in [0.2, 0.25) is 0 Å². The maximum absolute atomic E-state index is 15.2. The van der Waals surface area contributed by atoms with Gasteiger partial charge in [-0.05, 0) is 25.0 Å². The van der Waals surface area contributed by atoms with Gasteiger partial charge < -0.3 is 4.74 Å². The van der Waals surface area contributed by atoms with E-state index in [4.69, 9.17) is 4.74 Å². The van der Waals surface area contributed by atoms with E-state index in [1.807, 2.05) is 4.90 Å². The summed E-state index contributed by atoms with van der Waals surface area (Å²) in [6.07, 6.45) is -1.26. The lowest BCUT2D eigenvalue weighted by molar-refractivity contribution is -0.192. The number of aromatic nitrogens is 3. The quantitative estimate of drug-likeness (QED) is 0.465. The zero-order valence-electron chi connectivity index (χ0n) is 18.1. The summed E-state index contributed by atoms with van der Waals surface area (Å²) in [5.41, 5.74) is 0.941. The van der Waals surface area contributed by atoms with E-state index in [9.17, 15) is 21.6 Å². The van der Waals surface area contributed by atoms with Crippen molar-refractivity contribution in [3.63, 3.8) is 0 Å². The zero-order chi connectivity index (χ0) is 24.8. The van der Waals surface area contributed by atoms with E-state index < -0.39 is 44.9 Å². The second-order valence-electron chi connectivity index (χ2n) is 8.44. The predicted octanol–water partition coefficient (Wildman–Crippen LogP) is 4.65. The molecule has 5 rings (SSSR count). The largest absolute Gasteiger partial charge is 0.493 e. The molecule has 1 saturated heterocycles. The highest BCUT2D eigenvalue weighted by Crippen LogP contribution is 2.48. The molecular weight excluding hydrogens is 510 g/mol. The first-order valence-electron chi connectivity index (χ1n) is 10.8. The van der Waals surface area contributed by atoms with Gasteiger partial charge in [0.1, 0.15) is 16.5 Å². The molecule has 8 nitrogen and oxygen atoms in total. The standard InChI is InChI=1S/C21H21F4N5O3S2/c22-14-10-13-16(30-6-2-12(21(23,24)25)9-17(30)15-1-4-27-28-15)3-7-33-18(13)11-19(14)35(31,32)29-20-26-5-8-34-20/h1,4-5,8,10-12,16-17H,2-3,6-7,9H2,(H,26,29)(H,27,28)/t12-,16+,17+/m1/s1. The fourth-order valence-corrected chi connectivity index (χ4v) is 6.64. The van der Waals surface area contributed by atoms with Crippen molar-refractivity contribution in [1.29, 1.82) is 0 Å². The molecule has 0 amide bonds. The third-order valence-corrected chi connectivity index (χ3v) is 8.58. The lowest BCUT2D eigenvalue weighted by atomic mass is 9.85. The molecule has 2 aliphatic rings. The number of nitrogens with one attached hydrogen (secondary N) is 2. The number of hydrogen-bond acceptors (Lipinski definition) is 7. The number of alkyl halides is 3. The molecule has 3 aromatic rings. The highest BCUT2D eigenvalue weighted by molar-refractivity contribution is 7.93. The van der Waals surface area contributed by atoms with Gasteiger partial charge in [0.25, 0.3) is 10.0 Å². The molecule has 0 saturated carbocycles. The molecule has 4 heterocycles. The van der Waals surface area contributed by atoms with Gasteiger partial charge in [-0.25, -0.2) is 17.8 Å².